The third kappa shape index (κ3) is 18.8. The van der Waals surface area contributed by atoms with Gasteiger partial charge in [0.1, 0.15) is 78.2 Å². The van der Waals surface area contributed by atoms with Gasteiger partial charge in [-0.2, -0.15) is 0 Å². The van der Waals surface area contributed by atoms with Crippen LogP contribution in [0.25, 0.3) is 11.1 Å². The number of carbonyl (C=O) groups is 1. The van der Waals surface area contributed by atoms with Crippen LogP contribution in [-0.4, -0.2) is 111 Å². The number of hydrogen-bond donors (Lipinski definition) is 1. The molecule has 0 amide bonds. The number of Topliss-reactive ketones (excluding diaryl/α,β-unsaturated/α-hetero) is 1. The molecule has 5 aliphatic rings. The SMILES string of the molecule is CC(=O)COc1ccc([C@@H]2c3ccc(O)cc3OC[C@@H]2c2ccccc2)cc1.CCC(COc1ccc([C@@H]2c3ccc(OC4CCCCO4)cc3OC[C@@H]2c2ccccc2)cc1)OC.COc1cccc(C2=C(c3ccc(N4CCC(C(OC)OC)CC4)cc3)c3ccc(OCc4ccccc4)cc3OC2)c1. The Morgan fingerprint density at radius 2 is 1.12 bits per heavy atom. The summed E-state index contributed by atoms with van der Waals surface area (Å²) >= 11 is 0. The van der Waals surface area contributed by atoms with Gasteiger partial charge in [-0.15, -0.1) is 0 Å². The lowest BCUT2D eigenvalue weighted by Crippen LogP contribution is -2.39. The molecule has 0 aromatic heterocycles. The Morgan fingerprint density at radius 3 is 1.72 bits per heavy atom. The van der Waals surface area contributed by atoms with Crippen molar-refractivity contribution in [2.24, 2.45) is 5.92 Å². The minimum atomic E-state index is -0.175. The molecular weight excluding hydrogens is 1340 g/mol. The molecule has 0 saturated carbocycles. The molecule has 15 heteroatoms. The first-order valence-electron chi connectivity index (χ1n) is 37.3. The molecule has 2 saturated heterocycles. The highest BCUT2D eigenvalue weighted by Crippen LogP contribution is 2.50. The maximum Gasteiger partial charge on any atom is 0.199 e. The molecule has 554 valence electrons. The molecule has 10 aromatic carbocycles. The van der Waals surface area contributed by atoms with E-state index in [0.29, 0.717) is 50.5 Å². The van der Waals surface area contributed by atoms with Gasteiger partial charge in [-0.25, -0.2) is 0 Å². The highest BCUT2D eigenvalue weighted by Gasteiger charge is 2.36. The molecule has 0 radical (unpaired) electrons. The number of nitrogens with zero attached hydrogens (tertiary/aromatic N) is 1. The number of benzene rings is 10. The predicted octanol–water partition coefficient (Wildman–Crippen LogP) is 18.8. The van der Waals surface area contributed by atoms with Gasteiger partial charge in [0.2, 0.25) is 0 Å². The number of phenols is 1. The third-order valence-corrected chi connectivity index (χ3v) is 20.8. The minimum absolute atomic E-state index is 0.00798. The van der Waals surface area contributed by atoms with Crippen molar-refractivity contribution in [2.75, 3.05) is 86.1 Å². The summed E-state index contributed by atoms with van der Waals surface area (Å²) < 4.78 is 70.2. The average molecular weight is 1440 g/mol. The highest BCUT2D eigenvalue weighted by molar-refractivity contribution is 6.02. The van der Waals surface area contributed by atoms with E-state index in [9.17, 15) is 9.90 Å². The molecule has 6 atom stereocenters. The van der Waals surface area contributed by atoms with Crippen molar-refractivity contribution in [2.45, 2.75) is 101 Å². The zero-order valence-electron chi connectivity index (χ0n) is 62.0. The fourth-order valence-corrected chi connectivity index (χ4v) is 15.0. The van der Waals surface area contributed by atoms with Crippen LogP contribution in [0.4, 0.5) is 5.69 Å². The zero-order valence-corrected chi connectivity index (χ0v) is 62.0. The summed E-state index contributed by atoms with van der Waals surface area (Å²) in [4.78, 5) is 13.6. The third-order valence-electron chi connectivity index (χ3n) is 20.8. The van der Waals surface area contributed by atoms with E-state index in [1.165, 1.54) is 34.9 Å². The summed E-state index contributed by atoms with van der Waals surface area (Å²) in [5.41, 5.74) is 15.0. The van der Waals surface area contributed by atoms with Crippen LogP contribution in [0.3, 0.4) is 0 Å². The van der Waals surface area contributed by atoms with E-state index >= 15 is 0 Å². The van der Waals surface area contributed by atoms with E-state index in [1.54, 1.807) is 40.6 Å². The number of fused-ring (bicyclic) bond motifs is 3. The van der Waals surface area contributed by atoms with Crippen molar-refractivity contribution < 1.29 is 66.7 Å². The van der Waals surface area contributed by atoms with E-state index in [4.69, 9.17) is 56.8 Å². The van der Waals surface area contributed by atoms with Crippen molar-refractivity contribution in [3.05, 3.63) is 298 Å². The Kier molecular flexibility index (Phi) is 25.6. The lowest BCUT2D eigenvalue weighted by Gasteiger charge is -2.36. The molecule has 5 aliphatic heterocycles. The molecule has 15 nitrogen and oxygen atoms in total. The van der Waals surface area contributed by atoms with Crippen LogP contribution in [0.5, 0.6) is 51.7 Å². The van der Waals surface area contributed by atoms with Crippen LogP contribution in [0.15, 0.2) is 243 Å². The molecule has 0 bridgehead atoms. The van der Waals surface area contributed by atoms with Gasteiger partial charge in [0.25, 0.3) is 0 Å². The summed E-state index contributed by atoms with van der Waals surface area (Å²) in [6.07, 6.45) is 5.96. The number of ketones is 1. The average Bonchev–Trinajstić information content (AvgIpc) is 0.775. The van der Waals surface area contributed by atoms with Gasteiger partial charge >= 0.3 is 0 Å². The summed E-state index contributed by atoms with van der Waals surface area (Å²) in [7, 11) is 6.87. The second kappa shape index (κ2) is 36.6. The molecule has 1 N–H and O–H groups in total. The first-order chi connectivity index (χ1) is 52.5. The van der Waals surface area contributed by atoms with E-state index < -0.39 is 0 Å². The lowest BCUT2D eigenvalue weighted by molar-refractivity contribution is -0.141. The molecule has 15 rings (SSSR count). The van der Waals surface area contributed by atoms with Gasteiger partial charge in [0.05, 0.1) is 33.0 Å². The Balaban J connectivity index is 0.000000145. The summed E-state index contributed by atoms with van der Waals surface area (Å²) in [6.45, 7) is 9.05. The Labute approximate surface area is 629 Å². The minimum Gasteiger partial charge on any atom is -0.508 e. The standard InChI is InChI=1S/C37H39NO5.C31H36O5.C24H22O4/c1-39-31-11-7-10-29(22-31)34-25-43-35-23-32(42-24-26-8-5-4-6-9-26)16-17-33(35)36(34)27-12-14-30(15-13-27)38-20-18-28(19-21-38)37(40-2)41-3;1-3-24(32-2)20-34-25-14-12-23(13-15-25)31-27-17-16-26(36-30-11-7-8-18-33-30)19-29(27)35-21-28(31)22-9-5-4-6-10-22;1-16(25)14-27-20-10-7-18(8-11-20)24-21-12-9-19(26)13-23(21)28-15-22(24)17-5-3-2-4-6-17/h4-17,22-23,28,37H,18-21,24-25H2,1-3H3;4-6,9-10,12-17,19,24,28,30-31H,3,7-8,11,18,20-21H2,1-2H3;2-13,22,24,26H,14-15H2,1H3/t;24?,28-,30?,31-;22-,24-/m.11/s1. The number of piperidine rings is 1. The first kappa shape index (κ1) is 74.7. The Bertz CT molecular complexity index is 4490. The van der Waals surface area contributed by atoms with E-state index in [-0.39, 0.29) is 60.5 Å². The monoisotopic (exact) mass is 1440 g/mol. The maximum absolute atomic E-state index is 11.1. The molecule has 2 fully saturated rings. The molecule has 2 unspecified atom stereocenters. The van der Waals surface area contributed by atoms with Gasteiger partial charge < -0.3 is 66.8 Å². The Morgan fingerprint density at radius 1 is 0.523 bits per heavy atom. The van der Waals surface area contributed by atoms with Crippen molar-refractivity contribution >= 4 is 22.6 Å². The molecule has 5 heterocycles. The fraction of sp³-hybridized carbons (Fsp3) is 0.315. The van der Waals surface area contributed by atoms with Gasteiger partial charge in [0.15, 0.2) is 18.4 Å². The summed E-state index contributed by atoms with van der Waals surface area (Å²) in [5.74, 6) is 7.58. The molecular formula is C92H97NO14. The lowest BCUT2D eigenvalue weighted by atomic mass is 9.76. The smallest absolute Gasteiger partial charge is 0.199 e. The van der Waals surface area contributed by atoms with Crippen LogP contribution in [0.2, 0.25) is 0 Å². The topological polar surface area (TPSA) is 151 Å². The Hall–Kier alpha value is -10.6. The van der Waals surface area contributed by atoms with Crippen LogP contribution < -0.4 is 42.8 Å². The number of carbonyl (C=O) groups excluding carboxylic acids is 1. The van der Waals surface area contributed by atoms with E-state index in [2.05, 4.69) is 139 Å². The second-order valence-corrected chi connectivity index (χ2v) is 27.7. The molecule has 0 aliphatic carbocycles. The zero-order chi connectivity index (χ0) is 73.9. The quantitative estimate of drug-likeness (QED) is 0.0571. The van der Waals surface area contributed by atoms with Crippen LogP contribution in [0, 0.1) is 5.92 Å². The predicted molar refractivity (Wildman–Crippen MR) is 418 cm³/mol. The number of rotatable bonds is 24. The molecule has 0 spiro atoms. The van der Waals surface area contributed by atoms with Crippen LogP contribution >= 0.6 is 0 Å². The van der Waals surface area contributed by atoms with Crippen molar-refractivity contribution in [1.82, 2.24) is 0 Å². The van der Waals surface area contributed by atoms with E-state index in [0.717, 1.165) is 137 Å². The second-order valence-electron chi connectivity index (χ2n) is 27.7. The molecule has 10 aromatic rings. The van der Waals surface area contributed by atoms with Gasteiger partial charge in [-0.3, -0.25) is 4.79 Å². The van der Waals surface area contributed by atoms with E-state index in [1.807, 2.05) is 103 Å². The van der Waals surface area contributed by atoms with Gasteiger partial charge in [-0.1, -0.05) is 159 Å². The fourth-order valence-electron chi connectivity index (χ4n) is 15.0. The number of hydrogen-bond acceptors (Lipinski definition) is 15. The normalized spacial score (nSPS) is 18.3. The molecule has 107 heavy (non-hydrogen) atoms. The first-order valence-corrected chi connectivity index (χ1v) is 37.3. The number of aromatic hydroxyl groups is 1. The van der Waals surface area contributed by atoms with Gasteiger partial charge in [0, 0.05) is 117 Å². The van der Waals surface area contributed by atoms with Crippen LogP contribution in [-0.2, 0) is 30.3 Å². The maximum atomic E-state index is 11.1. The summed E-state index contributed by atoms with van der Waals surface area (Å²) in [5, 5.41) is 9.84. The summed E-state index contributed by atoms with van der Waals surface area (Å²) in [6, 6.07) is 82.4. The van der Waals surface area contributed by atoms with Crippen molar-refractivity contribution in [3.8, 4) is 51.7 Å². The van der Waals surface area contributed by atoms with Crippen LogP contribution in [0.1, 0.15) is 132 Å². The number of anilines is 1. The van der Waals surface area contributed by atoms with Crippen molar-refractivity contribution in [1.29, 1.82) is 0 Å². The largest absolute Gasteiger partial charge is 0.508 e. The number of phenolic OH excluding ortho intramolecular Hbond substituents is 1. The van der Waals surface area contributed by atoms with Crippen molar-refractivity contribution in [3.63, 3.8) is 0 Å². The highest BCUT2D eigenvalue weighted by atomic mass is 16.7. The number of methoxy groups -OCH3 is 4. The number of ether oxygens (including phenoxy) is 12. The van der Waals surface area contributed by atoms with Gasteiger partial charge in [-0.05, 0) is 156 Å².